The van der Waals surface area contributed by atoms with Crippen molar-refractivity contribution in [2.45, 2.75) is 80.1 Å². The second-order valence-electron chi connectivity index (χ2n) is 10.0. The number of hydrogen-bond acceptors (Lipinski definition) is 6. The second-order valence-corrected chi connectivity index (χ2v) is 12.0. The zero-order chi connectivity index (χ0) is 22.1. The van der Waals surface area contributed by atoms with Crippen molar-refractivity contribution in [3.63, 3.8) is 0 Å². The lowest BCUT2D eigenvalue weighted by molar-refractivity contribution is 0.0875. The van der Waals surface area contributed by atoms with Crippen LogP contribution in [0.25, 0.3) is 16.7 Å². The smallest absolute Gasteiger partial charge is 0.214 e. The fraction of sp³-hybridized carbons (Fsp3) is 0.636. The van der Waals surface area contributed by atoms with Gasteiger partial charge < -0.3 is 15.2 Å². The predicted octanol–water partition coefficient (Wildman–Crippen LogP) is 1.53. The Morgan fingerprint density at radius 2 is 1.91 bits per heavy atom. The molecule has 3 heterocycles. The van der Waals surface area contributed by atoms with Gasteiger partial charge in [0.05, 0.1) is 40.9 Å². The standard InChI is InChI=1S/C22H29N5O4S/c28-13-14(29)11-16-18-12-24-19-17(3-10-23-19)27(18)20(25-16)21-4-7-22(8-5-21,9-6-21)26-32(30,31)15-1-2-15/h3,10,12,14-15,23,26,28-29H,1-2,4-9,11,13H2. The number of aromatic amines is 1. The molecule has 10 heteroatoms. The Labute approximate surface area is 186 Å². The topological polar surface area (TPSA) is 133 Å². The highest BCUT2D eigenvalue weighted by Crippen LogP contribution is 2.54. The molecule has 0 aromatic carbocycles. The first-order chi connectivity index (χ1) is 15.3. The molecule has 4 aliphatic carbocycles. The van der Waals surface area contributed by atoms with Gasteiger partial charge in [-0.1, -0.05) is 0 Å². The number of aliphatic hydroxyl groups is 2. The zero-order valence-electron chi connectivity index (χ0n) is 17.9. The van der Waals surface area contributed by atoms with Gasteiger partial charge in [-0.05, 0) is 57.4 Å². The molecule has 4 fully saturated rings. The molecule has 0 spiro atoms. The van der Waals surface area contributed by atoms with Crippen LogP contribution in [-0.4, -0.2) is 61.5 Å². The van der Waals surface area contributed by atoms with Crippen molar-refractivity contribution in [3.05, 3.63) is 30.0 Å². The lowest BCUT2D eigenvalue weighted by Crippen LogP contribution is -2.58. The summed E-state index contributed by atoms with van der Waals surface area (Å²) in [6.45, 7) is -0.316. The van der Waals surface area contributed by atoms with Crippen LogP contribution < -0.4 is 4.72 Å². The number of fused-ring (bicyclic) bond motifs is 6. The van der Waals surface area contributed by atoms with Crippen molar-refractivity contribution in [1.29, 1.82) is 0 Å². The number of sulfonamides is 1. The van der Waals surface area contributed by atoms with E-state index >= 15 is 0 Å². The molecule has 4 aliphatic rings. The number of aromatic nitrogens is 4. The molecule has 9 nitrogen and oxygen atoms in total. The predicted molar refractivity (Wildman–Crippen MR) is 119 cm³/mol. The van der Waals surface area contributed by atoms with Crippen molar-refractivity contribution in [2.24, 2.45) is 0 Å². The molecule has 4 saturated carbocycles. The average molecular weight is 460 g/mol. The summed E-state index contributed by atoms with van der Waals surface area (Å²) in [7, 11) is -3.22. The summed E-state index contributed by atoms with van der Waals surface area (Å²) in [5.41, 5.74) is 2.86. The maximum Gasteiger partial charge on any atom is 0.214 e. The van der Waals surface area contributed by atoms with Gasteiger partial charge in [-0.3, -0.25) is 4.40 Å². The molecule has 172 valence electrons. The van der Waals surface area contributed by atoms with Crippen LogP contribution in [0.1, 0.15) is 62.9 Å². The summed E-state index contributed by atoms with van der Waals surface area (Å²) >= 11 is 0. The van der Waals surface area contributed by atoms with E-state index in [-0.39, 0.29) is 29.2 Å². The van der Waals surface area contributed by atoms with Gasteiger partial charge in [0.1, 0.15) is 5.82 Å². The van der Waals surface area contributed by atoms with E-state index in [9.17, 15) is 18.6 Å². The Morgan fingerprint density at radius 3 is 2.56 bits per heavy atom. The van der Waals surface area contributed by atoms with Crippen molar-refractivity contribution < 1.29 is 18.6 Å². The van der Waals surface area contributed by atoms with Gasteiger partial charge in [0, 0.05) is 23.6 Å². The summed E-state index contributed by atoms with van der Waals surface area (Å²) in [4.78, 5) is 12.7. The minimum absolute atomic E-state index is 0.135. The van der Waals surface area contributed by atoms with Gasteiger partial charge in [-0.25, -0.2) is 23.1 Å². The minimum atomic E-state index is -3.22. The fourth-order valence-electron chi connectivity index (χ4n) is 5.85. The summed E-state index contributed by atoms with van der Waals surface area (Å²) in [6, 6.07) is 1.99. The van der Waals surface area contributed by atoms with E-state index in [1.54, 1.807) is 6.20 Å². The maximum atomic E-state index is 12.6. The third-order valence-electron chi connectivity index (χ3n) is 7.93. The lowest BCUT2D eigenvalue weighted by Gasteiger charge is -2.52. The zero-order valence-corrected chi connectivity index (χ0v) is 18.7. The highest BCUT2D eigenvalue weighted by Gasteiger charge is 2.54. The number of aliphatic hydroxyl groups excluding tert-OH is 2. The van der Waals surface area contributed by atoms with Crippen LogP contribution in [0.2, 0.25) is 0 Å². The third-order valence-corrected chi connectivity index (χ3v) is 10.00. The summed E-state index contributed by atoms with van der Waals surface area (Å²) in [5.74, 6) is 0.970. The molecule has 0 aliphatic heterocycles. The minimum Gasteiger partial charge on any atom is -0.394 e. The fourth-order valence-corrected chi connectivity index (χ4v) is 7.68. The van der Waals surface area contributed by atoms with Crippen LogP contribution >= 0.6 is 0 Å². The molecular weight excluding hydrogens is 430 g/mol. The Kier molecular flexibility index (Phi) is 4.50. The largest absolute Gasteiger partial charge is 0.394 e. The Hall–Kier alpha value is -2.01. The first kappa shape index (κ1) is 20.6. The number of H-pyrrole nitrogens is 1. The van der Waals surface area contributed by atoms with Crippen LogP contribution in [0, 0.1) is 0 Å². The van der Waals surface area contributed by atoms with E-state index in [1.165, 1.54) is 0 Å². The molecule has 1 unspecified atom stereocenters. The van der Waals surface area contributed by atoms with Crippen molar-refractivity contribution in [1.82, 2.24) is 24.1 Å². The maximum absolute atomic E-state index is 12.6. The number of rotatable bonds is 7. The first-order valence-corrected chi connectivity index (χ1v) is 13.1. The highest BCUT2D eigenvalue weighted by atomic mass is 32.2. The Morgan fingerprint density at radius 1 is 1.19 bits per heavy atom. The van der Waals surface area contributed by atoms with Crippen molar-refractivity contribution in [3.8, 4) is 0 Å². The van der Waals surface area contributed by atoms with E-state index in [0.29, 0.717) is 0 Å². The lowest BCUT2D eigenvalue weighted by atomic mass is 9.57. The van der Waals surface area contributed by atoms with Crippen molar-refractivity contribution >= 4 is 26.7 Å². The summed E-state index contributed by atoms with van der Waals surface area (Å²) in [5, 5.41) is 19.3. The molecule has 2 bridgehead atoms. The van der Waals surface area contributed by atoms with Crippen LogP contribution in [0.4, 0.5) is 0 Å². The van der Waals surface area contributed by atoms with E-state index in [0.717, 1.165) is 79.6 Å². The number of nitrogens with one attached hydrogen (secondary N) is 2. The van der Waals surface area contributed by atoms with Crippen LogP contribution in [0.5, 0.6) is 0 Å². The van der Waals surface area contributed by atoms with Crippen LogP contribution in [-0.2, 0) is 21.9 Å². The Bertz CT molecular complexity index is 1270. The Balaban J connectivity index is 1.39. The molecule has 0 amide bonds. The molecule has 0 radical (unpaired) electrons. The van der Waals surface area contributed by atoms with Gasteiger partial charge in [-0.15, -0.1) is 0 Å². The van der Waals surface area contributed by atoms with Gasteiger partial charge in [-0.2, -0.15) is 0 Å². The van der Waals surface area contributed by atoms with E-state index in [4.69, 9.17) is 4.98 Å². The molecule has 3 aromatic rings. The molecule has 4 N–H and O–H groups in total. The van der Waals surface area contributed by atoms with Gasteiger partial charge >= 0.3 is 0 Å². The summed E-state index contributed by atoms with van der Waals surface area (Å²) in [6.07, 6.45) is 9.63. The molecule has 7 rings (SSSR count). The second kappa shape index (κ2) is 6.99. The average Bonchev–Trinajstić information content (AvgIpc) is 3.45. The van der Waals surface area contributed by atoms with Crippen LogP contribution in [0.15, 0.2) is 18.5 Å². The molecule has 1 atom stereocenters. The van der Waals surface area contributed by atoms with E-state index < -0.39 is 16.1 Å². The number of hydrogen-bond donors (Lipinski definition) is 4. The third kappa shape index (κ3) is 3.11. The van der Waals surface area contributed by atoms with E-state index in [2.05, 4.69) is 19.1 Å². The number of nitrogens with zero attached hydrogens (tertiary/aromatic N) is 3. The van der Waals surface area contributed by atoms with Gasteiger partial charge in [0.2, 0.25) is 10.0 Å². The molecule has 0 saturated heterocycles. The van der Waals surface area contributed by atoms with Crippen molar-refractivity contribution in [2.75, 3.05) is 6.61 Å². The van der Waals surface area contributed by atoms with Gasteiger partial charge in [0.15, 0.2) is 5.65 Å². The normalized spacial score (nSPS) is 29.2. The monoisotopic (exact) mass is 459 g/mol. The highest BCUT2D eigenvalue weighted by molar-refractivity contribution is 7.90. The number of imidazole rings is 1. The summed E-state index contributed by atoms with van der Waals surface area (Å²) < 4.78 is 30.5. The quantitative estimate of drug-likeness (QED) is 0.424. The first-order valence-electron chi connectivity index (χ1n) is 11.5. The SMILES string of the molecule is O=S(=O)(NC12CCC(c3nc(CC(O)CO)c4cnc5[nH]ccc5n34)(CC1)CC2)C1CC1. The molecule has 3 aromatic heterocycles. The molecular formula is C22H29N5O4S. The molecule has 32 heavy (non-hydrogen) atoms. The van der Waals surface area contributed by atoms with Gasteiger partial charge in [0.25, 0.3) is 0 Å². The van der Waals surface area contributed by atoms with E-state index in [1.807, 2.05) is 12.3 Å². The van der Waals surface area contributed by atoms with Crippen LogP contribution in [0.3, 0.4) is 0 Å².